The van der Waals surface area contributed by atoms with Gasteiger partial charge in [-0.25, -0.2) is 0 Å². The molecule has 694 valence electrons. The van der Waals surface area contributed by atoms with E-state index in [0.717, 1.165) is 283 Å². The van der Waals surface area contributed by atoms with Crippen molar-refractivity contribution < 1.29 is 8.83 Å². The van der Waals surface area contributed by atoms with Gasteiger partial charge in [0.2, 0.25) is 0 Å². The van der Waals surface area contributed by atoms with Crippen LogP contribution >= 0.6 is 0 Å². The van der Waals surface area contributed by atoms with Crippen molar-refractivity contribution >= 4 is 145 Å². The fraction of sp³-hybridized carbons (Fsp3) is 0.0571. The second-order valence-corrected chi connectivity index (χ2v) is 41.8. The first kappa shape index (κ1) is 86.6. The Labute approximate surface area is 855 Å². The summed E-state index contributed by atoms with van der Waals surface area (Å²) in [7, 11) is 0. The van der Waals surface area contributed by atoms with Crippen LogP contribution in [0.5, 0.6) is 0 Å². The van der Waals surface area contributed by atoms with Crippen molar-refractivity contribution in [1.82, 2.24) is 9.13 Å². The molecule has 2 aliphatic heterocycles. The van der Waals surface area contributed by atoms with Crippen molar-refractivity contribution in [1.29, 1.82) is 0 Å². The minimum Gasteiger partial charge on any atom is -0.456 e. The van der Waals surface area contributed by atoms with Gasteiger partial charge in [0.1, 0.15) is 22.3 Å². The number of aromatic nitrogens is 2. The molecule has 26 aromatic rings. The molecule has 0 saturated carbocycles. The van der Waals surface area contributed by atoms with E-state index in [2.05, 4.69) is 552 Å². The predicted molar refractivity (Wildman–Crippen MR) is 621 cm³/mol. The first-order valence-corrected chi connectivity index (χ1v) is 51.2. The van der Waals surface area contributed by atoms with Crippen LogP contribution < -0.4 is 26.2 Å². The number of anilines is 6. The Hall–Kier alpha value is -18.3. The van der Waals surface area contributed by atoms with Crippen molar-refractivity contribution in [3.8, 4) is 134 Å². The molecule has 2 aliphatic rings. The van der Waals surface area contributed by atoms with Crippen LogP contribution in [0.4, 0.5) is 34.1 Å². The molecule has 0 saturated heterocycles. The fourth-order valence-corrected chi connectivity index (χ4v) is 23.9. The SMILES string of the molecule is CC(C)(C)c1cc(-c2cccc(-c3ccccc3)c2)c(N2c3cc(-n4c5ccc(-c6ccccc6)cc5c5cc(-c6ccccc6)ccc54)ccc3B3c4ccc(-n5c6ccc(-c7ccccc7)cc6c6cc(-c7ccccc7)ccc65)cc4N(c4c(-c5cccc(-c6ccccc6)c5)cc(C(C)(C)C)c5oc6ccccc6c45)c4cc(-c5cc(-c6ccccc6)cc(-c6ccccc6)c5)cc2c43)c2c1oc1ccccc12. The Morgan fingerprint density at radius 1 is 0.197 bits per heavy atom. The third-order valence-electron chi connectivity index (χ3n) is 30.9. The zero-order chi connectivity index (χ0) is 98.0. The average molecular weight is 1880 g/mol. The Morgan fingerprint density at radius 3 is 0.769 bits per heavy atom. The molecule has 0 N–H and O–H groups in total. The molecule has 0 spiro atoms. The fourth-order valence-electron chi connectivity index (χ4n) is 23.9. The zero-order valence-corrected chi connectivity index (χ0v) is 82.4. The van der Waals surface area contributed by atoms with Gasteiger partial charge in [-0.05, 0) is 278 Å². The van der Waals surface area contributed by atoms with Gasteiger partial charge in [-0.15, -0.1) is 0 Å². The van der Waals surface area contributed by atoms with Crippen LogP contribution in [0.25, 0.3) is 221 Å². The van der Waals surface area contributed by atoms with Gasteiger partial charge in [0.15, 0.2) is 0 Å². The molecule has 0 unspecified atom stereocenters. The van der Waals surface area contributed by atoms with Crippen LogP contribution in [0.3, 0.4) is 0 Å². The van der Waals surface area contributed by atoms with Crippen molar-refractivity contribution in [2.75, 3.05) is 9.80 Å². The van der Waals surface area contributed by atoms with Crippen LogP contribution in [0, 0.1) is 0 Å². The summed E-state index contributed by atoms with van der Waals surface area (Å²) in [4.78, 5) is 5.48. The molecule has 22 aromatic carbocycles. The lowest BCUT2D eigenvalue weighted by Crippen LogP contribution is -2.61. The van der Waals surface area contributed by atoms with Crippen LogP contribution in [-0.4, -0.2) is 15.8 Å². The summed E-state index contributed by atoms with van der Waals surface area (Å²) in [5, 5.41) is 8.70. The number of hydrogen-bond donors (Lipinski definition) is 0. The molecule has 0 amide bonds. The number of hydrogen-bond acceptors (Lipinski definition) is 4. The highest BCUT2D eigenvalue weighted by atomic mass is 16.3. The molecule has 0 fully saturated rings. The zero-order valence-electron chi connectivity index (χ0n) is 82.4. The van der Waals surface area contributed by atoms with E-state index in [9.17, 15) is 0 Å². The number of nitrogens with zero attached hydrogens (tertiary/aromatic N) is 4. The van der Waals surface area contributed by atoms with Gasteiger partial charge in [0, 0.05) is 88.7 Å². The maximum absolute atomic E-state index is 7.76. The Kier molecular flexibility index (Phi) is 20.2. The molecule has 7 heteroatoms. The molecule has 4 aromatic heterocycles. The number of rotatable bonds is 15. The number of fused-ring (bicyclic) bond motifs is 16. The Bertz CT molecular complexity index is 9050. The van der Waals surface area contributed by atoms with E-state index in [-0.39, 0.29) is 0 Å². The van der Waals surface area contributed by atoms with Crippen LogP contribution in [0.2, 0.25) is 0 Å². The monoisotopic (exact) mass is 1880 g/mol. The minimum absolute atomic E-state index is 0.437. The molecule has 0 radical (unpaired) electrons. The van der Waals surface area contributed by atoms with Crippen molar-refractivity contribution in [3.05, 3.63) is 503 Å². The molecule has 28 rings (SSSR count). The molecule has 147 heavy (non-hydrogen) atoms. The highest BCUT2D eigenvalue weighted by Crippen LogP contribution is 2.59. The lowest BCUT2D eigenvalue weighted by molar-refractivity contribution is 0.572. The van der Waals surface area contributed by atoms with Crippen LogP contribution in [0.15, 0.2) is 500 Å². The third kappa shape index (κ3) is 14.4. The highest BCUT2D eigenvalue weighted by Gasteiger charge is 2.47. The van der Waals surface area contributed by atoms with Gasteiger partial charge in [-0.2, -0.15) is 0 Å². The first-order chi connectivity index (χ1) is 72.2. The van der Waals surface area contributed by atoms with Gasteiger partial charge < -0.3 is 27.8 Å². The topological polar surface area (TPSA) is 42.6 Å². The van der Waals surface area contributed by atoms with Gasteiger partial charge in [-0.1, -0.05) is 393 Å². The van der Waals surface area contributed by atoms with E-state index >= 15 is 0 Å². The summed E-state index contributed by atoms with van der Waals surface area (Å²) in [6.07, 6.45) is 0. The predicted octanol–water partition coefficient (Wildman–Crippen LogP) is 36.7. The van der Waals surface area contributed by atoms with E-state index in [1.54, 1.807) is 0 Å². The molecule has 0 aliphatic carbocycles. The van der Waals surface area contributed by atoms with Crippen LogP contribution in [0.1, 0.15) is 52.7 Å². The summed E-state index contributed by atoms with van der Waals surface area (Å²) in [5.41, 5.74) is 44.9. The summed E-state index contributed by atoms with van der Waals surface area (Å²) >= 11 is 0. The van der Waals surface area contributed by atoms with Crippen molar-refractivity contribution in [2.24, 2.45) is 0 Å². The van der Waals surface area contributed by atoms with Gasteiger partial charge in [0.05, 0.1) is 44.2 Å². The van der Waals surface area contributed by atoms with Crippen molar-refractivity contribution in [3.63, 3.8) is 0 Å². The second-order valence-electron chi connectivity index (χ2n) is 41.8. The molecule has 6 heterocycles. The standard InChI is InChI=1S/C140H99BN4O2/c1-139(2,3)118-86-112(102-55-35-53-96(73-102)88-37-15-7-16-38-88)135(132-110-57-31-33-59-130(110)146-137(118)132)144-126-84-108(142-122-69-61-98(90-41-19-9-20-42-90)78-114(122)115-79-99(62-70-123(115)142)91-43-21-10-22-44-91)65-67-120(126)141-121-68-66-109(143-124-71-63-100(92-45-23-11-24-46-92)80-116(124)117-81-101(64-72-125(117)143)93-47-25-12-26-48-93)85-127(121)145(129-83-107(82-128(144)134(129)141)106-76-104(94-49-27-13-28-50-94)75-105(77-106)95-51-29-14-30-52-95)136-113(103-56-36-54-97(74-103)89-39-17-8-18-40-89)87-119(140(4,5)6)138-133(136)111-58-32-34-60-131(111)147-138/h7-87H,1-6H3. The first-order valence-electron chi connectivity index (χ1n) is 51.2. The Morgan fingerprint density at radius 2 is 0.456 bits per heavy atom. The summed E-state index contributed by atoms with van der Waals surface area (Å²) in [5.74, 6) is 0. The quantitative estimate of drug-likeness (QED) is 0.0960. The lowest BCUT2D eigenvalue weighted by Gasteiger charge is -2.46. The maximum atomic E-state index is 7.76. The van der Waals surface area contributed by atoms with Gasteiger partial charge >= 0.3 is 0 Å². The third-order valence-corrected chi connectivity index (χ3v) is 30.9. The van der Waals surface area contributed by atoms with Gasteiger partial charge in [-0.3, -0.25) is 0 Å². The summed E-state index contributed by atoms with van der Waals surface area (Å²) in [6, 6.07) is 185. The molecule has 6 nitrogen and oxygen atoms in total. The summed E-state index contributed by atoms with van der Waals surface area (Å²) in [6.45, 7) is 13.6. The van der Waals surface area contributed by atoms with E-state index in [0.29, 0.717) is 0 Å². The molecule has 0 atom stereocenters. The van der Waals surface area contributed by atoms with Crippen LogP contribution in [-0.2, 0) is 10.8 Å². The van der Waals surface area contributed by atoms with E-state index in [4.69, 9.17) is 8.83 Å². The molecular weight excluding hydrogens is 1780 g/mol. The smallest absolute Gasteiger partial charge is 0.252 e. The van der Waals surface area contributed by atoms with Crippen molar-refractivity contribution in [2.45, 2.75) is 52.4 Å². The highest BCUT2D eigenvalue weighted by molar-refractivity contribution is 7.00. The number of para-hydroxylation sites is 2. The second kappa shape index (κ2) is 34.2. The summed E-state index contributed by atoms with van der Waals surface area (Å²) < 4.78 is 20.6. The van der Waals surface area contributed by atoms with Gasteiger partial charge in [0.25, 0.3) is 6.71 Å². The van der Waals surface area contributed by atoms with E-state index in [1.807, 2.05) is 0 Å². The normalized spacial score (nSPS) is 12.5. The van der Waals surface area contributed by atoms with E-state index < -0.39 is 17.5 Å². The minimum atomic E-state index is -0.467. The lowest BCUT2D eigenvalue weighted by atomic mass is 9.33. The number of benzene rings is 22. The molecular formula is C140H99BN4O2. The largest absolute Gasteiger partial charge is 0.456 e. The number of furan rings is 2. The Balaban J connectivity index is 0.828. The maximum Gasteiger partial charge on any atom is 0.252 e. The molecule has 0 bridgehead atoms. The average Bonchev–Trinajstić information content (AvgIpc) is 1.66. The van der Waals surface area contributed by atoms with E-state index in [1.165, 1.54) is 0 Å².